The van der Waals surface area contributed by atoms with Crippen LogP contribution in [0, 0.1) is 0 Å². The second-order valence-corrected chi connectivity index (χ2v) is 5.43. The molecule has 0 atom stereocenters. The SMILES string of the molecule is CCOCc1nc(N)cc(SC2CCOCC2)n1. The van der Waals surface area contributed by atoms with Crippen LogP contribution in [-0.2, 0) is 16.1 Å². The molecule has 0 aromatic carbocycles. The monoisotopic (exact) mass is 269 g/mol. The number of aromatic nitrogens is 2. The van der Waals surface area contributed by atoms with Crippen molar-refractivity contribution in [1.29, 1.82) is 0 Å². The van der Waals surface area contributed by atoms with Crippen molar-refractivity contribution in [1.82, 2.24) is 9.97 Å². The topological polar surface area (TPSA) is 70.3 Å². The molecule has 0 saturated carbocycles. The zero-order valence-electron chi connectivity index (χ0n) is 10.6. The lowest BCUT2D eigenvalue weighted by molar-refractivity contribution is 0.1000. The number of ether oxygens (including phenoxy) is 2. The maximum Gasteiger partial charge on any atom is 0.157 e. The molecule has 1 aliphatic rings. The van der Waals surface area contributed by atoms with Crippen LogP contribution in [-0.4, -0.2) is 35.0 Å². The molecule has 6 heteroatoms. The van der Waals surface area contributed by atoms with E-state index in [1.165, 1.54) is 0 Å². The van der Waals surface area contributed by atoms with Gasteiger partial charge < -0.3 is 15.2 Å². The van der Waals surface area contributed by atoms with E-state index in [-0.39, 0.29) is 0 Å². The normalized spacial score (nSPS) is 16.9. The predicted molar refractivity (Wildman–Crippen MR) is 71.5 cm³/mol. The molecule has 1 saturated heterocycles. The van der Waals surface area contributed by atoms with Crippen molar-refractivity contribution in [3.63, 3.8) is 0 Å². The summed E-state index contributed by atoms with van der Waals surface area (Å²) >= 11 is 1.76. The predicted octanol–water partition coefficient (Wildman–Crippen LogP) is 1.87. The third-order valence-electron chi connectivity index (χ3n) is 2.66. The van der Waals surface area contributed by atoms with Crippen LogP contribution in [0.5, 0.6) is 0 Å². The first kappa shape index (κ1) is 13.6. The van der Waals surface area contributed by atoms with E-state index in [1.54, 1.807) is 11.8 Å². The Morgan fingerprint density at radius 2 is 2.22 bits per heavy atom. The maximum absolute atomic E-state index is 5.79. The van der Waals surface area contributed by atoms with Gasteiger partial charge >= 0.3 is 0 Å². The Hall–Kier alpha value is -0.850. The van der Waals surface area contributed by atoms with Crippen molar-refractivity contribution >= 4 is 17.6 Å². The van der Waals surface area contributed by atoms with Gasteiger partial charge in [-0.3, -0.25) is 0 Å². The van der Waals surface area contributed by atoms with Crippen LogP contribution in [0.2, 0.25) is 0 Å². The van der Waals surface area contributed by atoms with Crippen LogP contribution >= 0.6 is 11.8 Å². The highest BCUT2D eigenvalue weighted by atomic mass is 32.2. The van der Waals surface area contributed by atoms with Gasteiger partial charge in [0.1, 0.15) is 17.5 Å². The zero-order valence-corrected chi connectivity index (χ0v) is 11.4. The van der Waals surface area contributed by atoms with Crippen molar-refractivity contribution in [3.05, 3.63) is 11.9 Å². The first-order valence-electron chi connectivity index (χ1n) is 6.23. The minimum atomic E-state index is 0.420. The molecule has 0 spiro atoms. The standard InChI is InChI=1S/C12H19N3O2S/c1-2-16-8-11-14-10(13)7-12(15-11)18-9-3-5-17-6-4-9/h7,9H,2-6,8H2,1H3,(H2,13,14,15). The van der Waals surface area contributed by atoms with Gasteiger partial charge in [0.2, 0.25) is 0 Å². The van der Waals surface area contributed by atoms with E-state index in [9.17, 15) is 0 Å². The fraction of sp³-hybridized carbons (Fsp3) is 0.667. The number of nitrogens with zero attached hydrogens (tertiary/aromatic N) is 2. The van der Waals surface area contributed by atoms with Crippen LogP contribution in [0.15, 0.2) is 11.1 Å². The van der Waals surface area contributed by atoms with E-state index < -0.39 is 0 Å². The summed E-state index contributed by atoms with van der Waals surface area (Å²) < 4.78 is 10.7. The maximum atomic E-state index is 5.79. The van der Waals surface area contributed by atoms with Crippen LogP contribution in [0.25, 0.3) is 0 Å². The number of rotatable bonds is 5. The van der Waals surface area contributed by atoms with Gasteiger partial charge in [0.25, 0.3) is 0 Å². The second kappa shape index (κ2) is 6.92. The van der Waals surface area contributed by atoms with Gasteiger partial charge in [-0.1, -0.05) is 0 Å². The smallest absolute Gasteiger partial charge is 0.157 e. The van der Waals surface area contributed by atoms with E-state index >= 15 is 0 Å². The number of thioether (sulfide) groups is 1. The molecule has 0 unspecified atom stereocenters. The van der Waals surface area contributed by atoms with Gasteiger partial charge in [-0.25, -0.2) is 9.97 Å². The molecule has 1 fully saturated rings. The van der Waals surface area contributed by atoms with Gasteiger partial charge in [-0.2, -0.15) is 0 Å². The van der Waals surface area contributed by atoms with Crippen molar-refractivity contribution in [3.8, 4) is 0 Å². The minimum Gasteiger partial charge on any atom is -0.384 e. The summed E-state index contributed by atoms with van der Waals surface area (Å²) in [6.07, 6.45) is 2.13. The van der Waals surface area contributed by atoms with Gasteiger partial charge in [0.05, 0.1) is 0 Å². The molecule has 5 nitrogen and oxygen atoms in total. The van der Waals surface area contributed by atoms with Gasteiger partial charge in [0, 0.05) is 31.1 Å². The summed E-state index contributed by atoms with van der Waals surface area (Å²) in [4.78, 5) is 8.64. The number of anilines is 1. The lowest BCUT2D eigenvalue weighted by Gasteiger charge is -2.21. The fourth-order valence-corrected chi connectivity index (χ4v) is 2.89. The van der Waals surface area contributed by atoms with Gasteiger partial charge in [-0.15, -0.1) is 11.8 Å². The van der Waals surface area contributed by atoms with Crippen LogP contribution in [0.3, 0.4) is 0 Å². The molecule has 2 heterocycles. The Morgan fingerprint density at radius 1 is 1.44 bits per heavy atom. The van der Waals surface area contributed by atoms with E-state index in [0.717, 1.165) is 31.1 Å². The highest BCUT2D eigenvalue weighted by Gasteiger charge is 2.16. The molecule has 18 heavy (non-hydrogen) atoms. The van der Waals surface area contributed by atoms with Crippen molar-refractivity contribution in [2.24, 2.45) is 0 Å². The molecule has 1 aromatic heterocycles. The lowest BCUT2D eigenvalue weighted by Crippen LogP contribution is -2.17. The summed E-state index contributed by atoms with van der Waals surface area (Å²) in [6, 6.07) is 1.83. The van der Waals surface area contributed by atoms with Crippen molar-refractivity contribution < 1.29 is 9.47 Å². The number of hydrogen-bond acceptors (Lipinski definition) is 6. The molecule has 0 radical (unpaired) electrons. The average Bonchev–Trinajstić information content (AvgIpc) is 2.37. The minimum absolute atomic E-state index is 0.420. The van der Waals surface area contributed by atoms with Crippen LogP contribution in [0.1, 0.15) is 25.6 Å². The number of nitrogen functional groups attached to an aromatic ring is 1. The van der Waals surface area contributed by atoms with Gasteiger partial charge in [-0.05, 0) is 19.8 Å². The average molecular weight is 269 g/mol. The summed E-state index contributed by atoms with van der Waals surface area (Å²) in [7, 11) is 0. The summed E-state index contributed by atoms with van der Waals surface area (Å²) in [5, 5.41) is 1.50. The molecule has 2 rings (SSSR count). The Bertz CT molecular complexity index is 384. The molecule has 100 valence electrons. The van der Waals surface area contributed by atoms with E-state index in [4.69, 9.17) is 15.2 Å². The number of hydrogen-bond donors (Lipinski definition) is 1. The summed E-state index contributed by atoms with van der Waals surface area (Å²) in [5.41, 5.74) is 5.79. The highest BCUT2D eigenvalue weighted by Crippen LogP contribution is 2.29. The number of nitrogens with two attached hydrogens (primary N) is 1. The summed E-state index contributed by atoms with van der Waals surface area (Å²) in [5.74, 6) is 1.17. The van der Waals surface area contributed by atoms with Crippen molar-refractivity contribution in [2.75, 3.05) is 25.6 Å². The molecule has 0 amide bonds. The lowest BCUT2D eigenvalue weighted by atomic mass is 10.2. The Balaban J connectivity index is 1.99. The zero-order chi connectivity index (χ0) is 12.8. The first-order chi connectivity index (χ1) is 8.78. The molecular formula is C12H19N3O2S. The Morgan fingerprint density at radius 3 is 2.94 bits per heavy atom. The quantitative estimate of drug-likeness (QED) is 0.823. The summed E-state index contributed by atoms with van der Waals surface area (Å²) in [6.45, 7) is 4.70. The molecule has 1 aliphatic heterocycles. The third-order valence-corrected chi connectivity index (χ3v) is 3.92. The van der Waals surface area contributed by atoms with E-state index in [1.807, 2.05) is 13.0 Å². The van der Waals surface area contributed by atoms with E-state index in [2.05, 4.69) is 9.97 Å². The second-order valence-electron chi connectivity index (χ2n) is 4.11. The Kier molecular flexibility index (Phi) is 5.22. The van der Waals surface area contributed by atoms with Crippen LogP contribution < -0.4 is 5.73 Å². The van der Waals surface area contributed by atoms with Crippen LogP contribution in [0.4, 0.5) is 5.82 Å². The largest absolute Gasteiger partial charge is 0.384 e. The first-order valence-corrected chi connectivity index (χ1v) is 7.11. The fourth-order valence-electron chi connectivity index (χ4n) is 1.78. The molecule has 0 aliphatic carbocycles. The van der Waals surface area contributed by atoms with Gasteiger partial charge in [0.15, 0.2) is 5.82 Å². The third kappa shape index (κ3) is 4.12. The van der Waals surface area contributed by atoms with Crippen molar-refractivity contribution in [2.45, 2.75) is 36.6 Å². The van der Waals surface area contributed by atoms with E-state index in [0.29, 0.717) is 30.1 Å². The molecule has 2 N–H and O–H groups in total. The molecule has 1 aromatic rings. The Labute approximate surface area is 111 Å². The molecular weight excluding hydrogens is 250 g/mol. The molecule has 0 bridgehead atoms. The highest BCUT2D eigenvalue weighted by molar-refractivity contribution is 7.99.